The van der Waals surface area contributed by atoms with Crippen LogP contribution in [0.25, 0.3) is 10.8 Å². The average molecular weight is 349 g/mol. The Bertz CT molecular complexity index is 906. The van der Waals surface area contributed by atoms with Gasteiger partial charge in [0.1, 0.15) is 11.5 Å². The number of benzene rings is 2. The molecule has 26 heavy (non-hydrogen) atoms. The standard InChI is InChI=1S/C22H23NO3/c1-25-17-4-2-14-3-5-18-20(19(14)11-17)26-22(23-21(18)24)15-7-12-6-13(9-15)10-16(22)8-12/h2-5,11-13,15-16H,6-10H2,1H3,(H,23,24). The first-order valence-electron chi connectivity index (χ1n) is 9.78. The van der Waals surface area contributed by atoms with Crippen molar-refractivity contribution in [3.63, 3.8) is 0 Å². The maximum absolute atomic E-state index is 13.1. The first-order chi connectivity index (χ1) is 12.7. The normalized spacial score (nSPS) is 36.7. The summed E-state index contributed by atoms with van der Waals surface area (Å²) in [4.78, 5) is 13.1. The van der Waals surface area contributed by atoms with Crippen molar-refractivity contribution in [2.45, 2.75) is 37.8 Å². The largest absolute Gasteiger partial charge is 0.497 e. The summed E-state index contributed by atoms with van der Waals surface area (Å²) in [6, 6.07) is 9.87. The summed E-state index contributed by atoms with van der Waals surface area (Å²) >= 11 is 0. The second-order valence-electron chi connectivity index (χ2n) is 8.68. The second-order valence-corrected chi connectivity index (χ2v) is 8.68. The van der Waals surface area contributed by atoms with E-state index in [1.165, 1.54) is 32.1 Å². The van der Waals surface area contributed by atoms with E-state index >= 15 is 0 Å². The Morgan fingerprint density at radius 3 is 2.42 bits per heavy atom. The Morgan fingerprint density at radius 2 is 1.73 bits per heavy atom. The molecule has 2 aromatic rings. The van der Waals surface area contributed by atoms with Gasteiger partial charge in [-0.05, 0) is 67.5 Å². The summed E-state index contributed by atoms with van der Waals surface area (Å²) in [5.41, 5.74) is 0.139. The number of ether oxygens (including phenoxy) is 2. The molecule has 134 valence electrons. The molecule has 0 saturated heterocycles. The molecule has 0 aromatic heterocycles. The van der Waals surface area contributed by atoms with E-state index in [-0.39, 0.29) is 5.91 Å². The van der Waals surface area contributed by atoms with Crippen molar-refractivity contribution in [1.82, 2.24) is 5.32 Å². The molecule has 4 bridgehead atoms. The Labute approximate surface area is 152 Å². The van der Waals surface area contributed by atoms with Gasteiger partial charge in [0.15, 0.2) is 5.72 Å². The number of carbonyl (C=O) groups is 1. The molecule has 1 amide bonds. The van der Waals surface area contributed by atoms with E-state index in [1.807, 2.05) is 30.3 Å². The summed E-state index contributed by atoms with van der Waals surface area (Å²) in [6.45, 7) is 0. The van der Waals surface area contributed by atoms with Crippen molar-refractivity contribution in [2.24, 2.45) is 23.7 Å². The Balaban J connectivity index is 1.53. The fraction of sp³-hybridized carbons (Fsp3) is 0.500. The molecule has 7 rings (SSSR count). The molecule has 4 fully saturated rings. The minimum atomic E-state index is -0.505. The molecule has 4 saturated carbocycles. The number of hydrogen-bond acceptors (Lipinski definition) is 3. The smallest absolute Gasteiger partial charge is 0.258 e. The van der Waals surface area contributed by atoms with Crippen LogP contribution in [0.3, 0.4) is 0 Å². The quantitative estimate of drug-likeness (QED) is 0.842. The first-order valence-corrected chi connectivity index (χ1v) is 9.78. The molecule has 4 aliphatic carbocycles. The zero-order valence-corrected chi connectivity index (χ0v) is 15.0. The highest BCUT2D eigenvalue weighted by Crippen LogP contribution is 2.59. The van der Waals surface area contributed by atoms with Crippen LogP contribution < -0.4 is 14.8 Å². The third-order valence-corrected chi connectivity index (χ3v) is 7.35. The summed E-state index contributed by atoms with van der Waals surface area (Å²) in [7, 11) is 1.67. The van der Waals surface area contributed by atoms with E-state index in [0.717, 1.165) is 34.1 Å². The molecule has 1 spiro atoms. The molecule has 1 aliphatic heterocycles. The lowest BCUT2D eigenvalue weighted by molar-refractivity contribution is -0.170. The van der Waals surface area contributed by atoms with Gasteiger partial charge < -0.3 is 14.8 Å². The molecule has 4 nitrogen and oxygen atoms in total. The third-order valence-electron chi connectivity index (χ3n) is 7.35. The van der Waals surface area contributed by atoms with Crippen molar-refractivity contribution in [3.8, 4) is 11.5 Å². The zero-order valence-electron chi connectivity index (χ0n) is 15.0. The Morgan fingerprint density at radius 1 is 1.04 bits per heavy atom. The van der Waals surface area contributed by atoms with Crippen LogP contribution >= 0.6 is 0 Å². The Hall–Kier alpha value is -2.23. The topological polar surface area (TPSA) is 47.6 Å². The summed E-state index contributed by atoms with van der Waals surface area (Å²) < 4.78 is 12.2. The Kier molecular flexibility index (Phi) is 2.83. The predicted molar refractivity (Wildman–Crippen MR) is 98.4 cm³/mol. The average Bonchev–Trinajstić information content (AvgIpc) is 2.65. The summed E-state index contributed by atoms with van der Waals surface area (Å²) in [5, 5.41) is 5.39. The lowest BCUT2D eigenvalue weighted by Gasteiger charge is -2.61. The molecule has 1 N–H and O–H groups in total. The van der Waals surface area contributed by atoms with Crippen LogP contribution in [0.4, 0.5) is 0 Å². The van der Waals surface area contributed by atoms with Gasteiger partial charge in [-0.15, -0.1) is 0 Å². The third kappa shape index (κ3) is 1.82. The van der Waals surface area contributed by atoms with E-state index < -0.39 is 5.72 Å². The van der Waals surface area contributed by atoms with Gasteiger partial charge in [-0.25, -0.2) is 0 Å². The van der Waals surface area contributed by atoms with Crippen LogP contribution in [-0.2, 0) is 0 Å². The van der Waals surface area contributed by atoms with E-state index in [0.29, 0.717) is 17.4 Å². The van der Waals surface area contributed by atoms with Gasteiger partial charge in [-0.1, -0.05) is 12.1 Å². The highest BCUT2D eigenvalue weighted by Gasteiger charge is 2.61. The van der Waals surface area contributed by atoms with Crippen LogP contribution in [0.2, 0.25) is 0 Å². The van der Waals surface area contributed by atoms with Gasteiger partial charge >= 0.3 is 0 Å². The van der Waals surface area contributed by atoms with E-state index in [2.05, 4.69) is 5.32 Å². The minimum Gasteiger partial charge on any atom is -0.497 e. The summed E-state index contributed by atoms with van der Waals surface area (Å²) in [5.74, 6) is 4.10. The number of fused-ring (bicyclic) bond motifs is 3. The molecule has 4 heteroatoms. The molecule has 1 heterocycles. The highest BCUT2D eigenvalue weighted by molar-refractivity contribution is 6.05. The lowest BCUT2D eigenvalue weighted by Crippen LogP contribution is -2.70. The number of amides is 1. The molecule has 0 atom stereocenters. The van der Waals surface area contributed by atoms with Crippen LogP contribution in [0.5, 0.6) is 11.5 Å². The molecule has 5 aliphatic rings. The second kappa shape index (κ2) is 4.93. The molecular weight excluding hydrogens is 326 g/mol. The van der Waals surface area contributed by atoms with E-state index in [9.17, 15) is 4.79 Å². The maximum atomic E-state index is 13.1. The van der Waals surface area contributed by atoms with Crippen LogP contribution in [0.1, 0.15) is 42.5 Å². The van der Waals surface area contributed by atoms with Gasteiger partial charge in [0.25, 0.3) is 5.91 Å². The van der Waals surface area contributed by atoms with Crippen molar-refractivity contribution < 1.29 is 14.3 Å². The van der Waals surface area contributed by atoms with Crippen molar-refractivity contribution in [3.05, 3.63) is 35.9 Å². The van der Waals surface area contributed by atoms with Crippen LogP contribution in [0.15, 0.2) is 30.3 Å². The molecule has 2 aromatic carbocycles. The predicted octanol–water partition coefficient (Wildman–Crippen LogP) is 4.12. The van der Waals surface area contributed by atoms with Gasteiger partial charge in [0.2, 0.25) is 0 Å². The minimum absolute atomic E-state index is 0.0171. The summed E-state index contributed by atoms with van der Waals surface area (Å²) in [6.07, 6.45) is 6.15. The monoisotopic (exact) mass is 349 g/mol. The fourth-order valence-electron chi connectivity index (χ4n) is 6.38. The number of methoxy groups -OCH3 is 1. The van der Waals surface area contributed by atoms with Gasteiger partial charge in [0, 0.05) is 17.2 Å². The van der Waals surface area contributed by atoms with Crippen molar-refractivity contribution in [2.75, 3.05) is 7.11 Å². The van der Waals surface area contributed by atoms with Crippen LogP contribution in [0, 0.1) is 23.7 Å². The highest BCUT2D eigenvalue weighted by atomic mass is 16.5. The van der Waals surface area contributed by atoms with Crippen molar-refractivity contribution >= 4 is 16.7 Å². The van der Waals surface area contributed by atoms with Crippen LogP contribution in [-0.4, -0.2) is 18.7 Å². The van der Waals surface area contributed by atoms with Gasteiger partial charge in [-0.2, -0.15) is 0 Å². The number of nitrogens with one attached hydrogen (secondary N) is 1. The number of rotatable bonds is 1. The first kappa shape index (κ1) is 14.9. The molecular formula is C22H23NO3. The fourth-order valence-corrected chi connectivity index (χ4v) is 6.38. The van der Waals surface area contributed by atoms with E-state index in [1.54, 1.807) is 7.11 Å². The maximum Gasteiger partial charge on any atom is 0.258 e. The molecule has 0 unspecified atom stereocenters. The number of carbonyl (C=O) groups excluding carboxylic acids is 1. The molecule has 0 radical (unpaired) electrons. The lowest BCUT2D eigenvalue weighted by atomic mass is 9.52. The SMILES string of the molecule is COc1ccc2ccc3c(c2c1)OC1(NC3=O)C2CC3CC(C2)CC1C3. The van der Waals surface area contributed by atoms with Gasteiger partial charge in [-0.3, -0.25) is 4.79 Å². The van der Waals surface area contributed by atoms with Gasteiger partial charge in [0.05, 0.1) is 12.7 Å². The van der Waals surface area contributed by atoms with E-state index in [4.69, 9.17) is 9.47 Å². The van der Waals surface area contributed by atoms with Crippen molar-refractivity contribution in [1.29, 1.82) is 0 Å². The number of hydrogen-bond donors (Lipinski definition) is 1. The zero-order chi connectivity index (χ0) is 17.5.